The molecule has 0 radical (unpaired) electrons. The zero-order valence-electron chi connectivity index (χ0n) is 12.5. The van der Waals surface area contributed by atoms with Crippen molar-refractivity contribution in [3.63, 3.8) is 0 Å². The van der Waals surface area contributed by atoms with E-state index in [1.807, 2.05) is 0 Å². The molecule has 2 aromatic rings. The second-order valence-corrected chi connectivity index (χ2v) is 7.17. The molecule has 2 rings (SSSR count). The average Bonchev–Trinajstić information content (AvgIpc) is 2.56. The fraction of sp³-hybridized carbons (Fsp3) is 0.0667. The highest BCUT2D eigenvalue weighted by Gasteiger charge is 2.36. The van der Waals surface area contributed by atoms with E-state index in [-0.39, 0.29) is 5.75 Å². The summed E-state index contributed by atoms with van der Waals surface area (Å²) in [5.41, 5.74) is -1.04. The monoisotopic (exact) mass is 403 g/mol. The Labute approximate surface area is 152 Å². The first-order chi connectivity index (χ1) is 11.8. The van der Waals surface area contributed by atoms with Crippen molar-refractivity contribution in [1.82, 2.24) is 0 Å². The van der Waals surface area contributed by atoms with E-state index < -0.39 is 25.4 Å². The van der Waals surface area contributed by atoms with E-state index in [0.717, 1.165) is 0 Å². The van der Waals surface area contributed by atoms with Crippen molar-refractivity contribution in [3.05, 3.63) is 58.6 Å². The van der Waals surface area contributed by atoms with Crippen LogP contribution in [0.3, 0.4) is 0 Å². The van der Waals surface area contributed by atoms with E-state index in [1.54, 1.807) is 12.1 Å². The highest BCUT2D eigenvalue weighted by Crippen LogP contribution is 2.44. The Morgan fingerprint density at radius 3 is 1.96 bits per heavy atom. The van der Waals surface area contributed by atoms with Crippen molar-refractivity contribution in [2.24, 2.45) is 5.16 Å². The molecule has 0 aliphatic heterocycles. The summed E-state index contributed by atoms with van der Waals surface area (Å²) in [5, 5.41) is 12.4. The molecular weight excluding hydrogens is 392 g/mol. The first kappa shape index (κ1) is 19.3. The van der Waals surface area contributed by atoms with Crippen LogP contribution in [0.15, 0.2) is 53.7 Å². The van der Waals surface area contributed by atoms with Crippen molar-refractivity contribution < 1.29 is 28.7 Å². The van der Waals surface area contributed by atoms with Crippen molar-refractivity contribution >= 4 is 42.0 Å². The molecule has 25 heavy (non-hydrogen) atoms. The maximum atomic E-state index is 12.2. The molecule has 132 valence electrons. The number of rotatable bonds is 7. The van der Waals surface area contributed by atoms with Gasteiger partial charge in [-0.1, -0.05) is 28.4 Å². The Balaban J connectivity index is 2.05. The Morgan fingerprint density at radius 2 is 1.48 bits per heavy atom. The molecule has 1 atom stereocenters. The quantitative estimate of drug-likeness (QED) is 0.313. The molecule has 0 aliphatic rings. The summed E-state index contributed by atoms with van der Waals surface area (Å²) >= 11 is 11.4. The van der Waals surface area contributed by atoms with Gasteiger partial charge in [-0.15, -0.1) is 0 Å². The molecule has 2 N–H and O–H groups in total. The molecule has 7 nitrogen and oxygen atoms in total. The Hall–Kier alpha value is -2.05. The Morgan fingerprint density at radius 1 is 1.00 bits per heavy atom. The summed E-state index contributed by atoms with van der Waals surface area (Å²) in [6, 6.07) is 11.6. The minimum atomic E-state index is -4.72. The van der Waals surface area contributed by atoms with E-state index >= 15 is 0 Å². The number of hydrogen-bond donors (Lipinski definition) is 2. The van der Waals surface area contributed by atoms with Crippen LogP contribution in [-0.2, 0) is 9.36 Å². The van der Waals surface area contributed by atoms with E-state index in [1.165, 1.54) is 36.4 Å². The van der Waals surface area contributed by atoms with Crippen LogP contribution >= 0.6 is 30.8 Å². The molecule has 0 aliphatic carbocycles. The lowest BCUT2D eigenvalue weighted by Gasteiger charge is -2.14. The molecule has 0 aromatic heterocycles. The minimum absolute atomic E-state index is 0.0252. The van der Waals surface area contributed by atoms with Crippen molar-refractivity contribution in [3.8, 4) is 11.5 Å². The fourth-order valence-electron chi connectivity index (χ4n) is 1.70. The van der Waals surface area contributed by atoms with Gasteiger partial charge in [-0.3, -0.25) is 4.79 Å². The lowest BCUT2D eigenvalue weighted by molar-refractivity contribution is -0.114. The summed E-state index contributed by atoms with van der Waals surface area (Å²) < 4.78 is 22.2. The van der Waals surface area contributed by atoms with Crippen molar-refractivity contribution in [2.45, 2.75) is 0 Å². The summed E-state index contributed by atoms with van der Waals surface area (Å²) in [7, 11) is -4.72. The van der Waals surface area contributed by atoms with Gasteiger partial charge in [0.05, 0.1) is 0 Å². The second kappa shape index (κ2) is 8.36. The number of hydrogen-bond acceptors (Lipinski definition) is 6. The third-order valence-electron chi connectivity index (χ3n) is 2.84. The van der Waals surface area contributed by atoms with E-state index in [2.05, 4.69) is 5.16 Å². The zero-order chi connectivity index (χ0) is 18.4. The van der Waals surface area contributed by atoms with Crippen molar-refractivity contribution in [1.29, 1.82) is 0 Å². The van der Waals surface area contributed by atoms with Gasteiger partial charge in [-0.25, -0.2) is 4.57 Å². The SMILES string of the molecule is O=C(COc1ccc(Cl)cc1)C(=NO)P(=O)(O)Oc1ccc(Cl)cc1. The summed E-state index contributed by atoms with van der Waals surface area (Å²) in [5.74, 6) is -0.735. The number of ether oxygens (including phenoxy) is 1. The van der Waals surface area contributed by atoms with Gasteiger partial charge in [-0.05, 0) is 48.5 Å². The van der Waals surface area contributed by atoms with Gasteiger partial charge < -0.3 is 19.4 Å². The molecule has 10 heteroatoms. The predicted molar refractivity (Wildman–Crippen MR) is 93.1 cm³/mol. The molecule has 0 saturated heterocycles. The van der Waals surface area contributed by atoms with Crippen molar-refractivity contribution in [2.75, 3.05) is 6.61 Å². The molecule has 0 fully saturated rings. The molecule has 1 unspecified atom stereocenters. The second-order valence-electron chi connectivity index (χ2n) is 4.65. The van der Waals surface area contributed by atoms with Gasteiger partial charge in [0.25, 0.3) is 0 Å². The standard InChI is InChI=1S/C15H12Cl2NO6P/c16-10-1-5-12(6-2-10)23-9-14(19)15(18-20)25(21,22)24-13-7-3-11(17)4-8-13/h1-8,20H,9H2,(H,21,22). The lowest BCUT2D eigenvalue weighted by atomic mass is 10.3. The highest BCUT2D eigenvalue weighted by molar-refractivity contribution is 7.74. The number of Topliss-reactive ketones (excluding diaryl/α,β-unsaturated/α-hetero) is 1. The van der Waals surface area contributed by atoms with Crippen LogP contribution < -0.4 is 9.26 Å². The average molecular weight is 404 g/mol. The van der Waals surface area contributed by atoms with Gasteiger partial charge in [0.2, 0.25) is 11.2 Å². The van der Waals surface area contributed by atoms with Gasteiger partial charge in [0.15, 0.2) is 6.61 Å². The third kappa shape index (κ3) is 5.47. The van der Waals surface area contributed by atoms with Crippen LogP contribution in [0.25, 0.3) is 0 Å². The van der Waals surface area contributed by atoms with E-state index in [9.17, 15) is 14.3 Å². The van der Waals surface area contributed by atoms with E-state index in [4.69, 9.17) is 37.7 Å². The van der Waals surface area contributed by atoms with Crippen LogP contribution in [0.5, 0.6) is 11.5 Å². The van der Waals surface area contributed by atoms with E-state index in [0.29, 0.717) is 15.8 Å². The molecule has 0 saturated carbocycles. The van der Waals surface area contributed by atoms with Gasteiger partial charge in [0.1, 0.15) is 11.5 Å². The maximum Gasteiger partial charge on any atom is 0.433 e. The number of nitrogens with zero attached hydrogens (tertiary/aromatic N) is 1. The topological polar surface area (TPSA) is 105 Å². The molecule has 0 heterocycles. The Kier molecular flexibility index (Phi) is 6.45. The molecule has 0 amide bonds. The lowest BCUT2D eigenvalue weighted by Crippen LogP contribution is -2.23. The molecule has 0 spiro atoms. The van der Waals surface area contributed by atoms with Crippen LogP contribution in [0, 0.1) is 0 Å². The largest absolute Gasteiger partial charge is 0.485 e. The van der Waals surface area contributed by atoms with Crippen LogP contribution in [-0.4, -0.2) is 27.9 Å². The third-order valence-corrected chi connectivity index (χ3v) is 4.67. The van der Waals surface area contributed by atoms with Crippen LogP contribution in [0.4, 0.5) is 0 Å². The Bertz CT molecular complexity index is 823. The van der Waals surface area contributed by atoms with Crippen LogP contribution in [0.1, 0.15) is 0 Å². The van der Waals surface area contributed by atoms with Gasteiger partial charge >= 0.3 is 7.60 Å². The van der Waals surface area contributed by atoms with Crippen LogP contribution in [0.2, 0.25) is 10.0 Å². The zero-order valence-corrected chi connectivity index (χ0v) is 14.9. The number of ketones is 1. The first-order valence-corrected chi connectivity index (χ1v) is 9.07. The minimum Gasteiger partial charge on any atom is -0.485 e. The fourth-order valence-corrected chi connectivity index (χ4v) is 2.93. The number of carbonyl (C=O) groups is 1. The number of carbonyl (C=O) groups excluding carboxylic acids is 1. The number of benzene rings is 2. The van der Waals surface area contributed by atoms with Gasteiger partial charge in [-0.2, -0.15) is 0 Å². The molecule has 2 aromatic carbocycles. The molecular formula is C15H12Cl2NO6P. The highest BCUT2D eigenvalue weighted by atomic mass is 35.5. The summed E-state index contributed by atoms with van der Waals surface area (Å²) in [6.45, 7) is -0.629. The number of halogens is 2. The predicted octanol–water partition coefficient (Wildman–Crippen LogP) is 3.99. The normalized spacial score (nSPS) is 13.8. The first-order valence-electron chi connectivity index (χ1n) is 6.74. The maximum absolute atomic E-state index is 12.2. The smallest absolute Gasteiger partial charge is 0.433 e. The summed E-state index contributed by atoms with van der Waals surface area (Å²) in [6.07, 6.45) is 0. The van der Waals surface area contributed by atoms with Gasteiger partial charge in [0, 0.05) is 10.0 Å². The summed E-state index contributed by atoms with van der Waals surface area (Å²) in [4.78, 5) is 21.9. The molecule has 0 bridgehead atoms. The number of oxime groups is 1.